The van der Waals surface area contributed by atoms with Crippen LogP contribution in [0.3, 0.4) is 0 Å². The molecule has 0 radical (unpaired) electrons. The predicted octanol–water partition coefficient (Wildman–Crippen LogP) is 3.08. The van der Waals surface area contributed by atoms with Crippen molar-refractivity contribution >= 4 is 17.4 Å². The Morgan fingerprint density at radius 3 is 2.67 bits per heavy atom. The number of pyridine rings is 1. The van der Waals surface area contributed by atoms with Gasteiger partial charge in [0.15, 0.2) is 0 Å². The molecule has 1 saturated heterocycles. The molecule has 1 aromatic heterocycles. The molecule has 1 fully saturated rings. The minimum Gasteiger partial charge on any atom is -0.370 e. The summed E-state index contributed by atoms with van der Waals surface area (Å²) in [6.45, 7) is 9.56. The second-order valence-corrected chi connectivity index (χ2v) is 6.14. The first-order valence-electron chi connectivity index (χ1n) is 7.96. The minimum absolute atomic E-state index is 0.633. The van der Waals surface area contributed by atoms with Crippen LogP contribution in [0.5, 0.6) is 0 Å². The molecule has 0 bridgehead atoms. The normalized spacial score (nSPS) is 17.4. The highest BCUT2D eigenvalue weighted by atomic mass is 35.5. The molecular formula is C16H27ClN4. The van der Waals surface area contributed by atoms with Crippen molar-refractivity contribution in [3.63, 3.8) is 0 Å². The minimum atomic E-state index is 0.633. The number of halogens is 1. The van der Waals surface area contributed by atoms with E-state index in [0.717, 1.165) is 36.2 Å². The standard InChI is InChI=1S/C16H27ClN4/c1-4-18-16-7-6-14(17)15(19-16)12-20(3)13-8-10-21(5-2)11-9-13/h6-7,13H,4-5,8-12H2,1-3H3,(H,18,19). The lowest BCUT2D eigenvalue weighted by Crippen LogP contribution is -2.43. The molecule has 5 heteroatoms. The van der Waals surface area contributed by atoms with Crippen molar-refractivity contribution in [2.24, 2.45) is 0 Å². The topological polar surface area (TPSA) is 31.4 Å². The fourth-order valence-electron chi connectivity index (χ4n) is 2.92. The molecule has 1 aliphatic heterocycles. The number of nitrogens with zero attached hydrogens (tertiary/aromatic N) is 3. The lowest BCUT2D eigenvalue weighted by atomic mass is 10.0. The summed E-state index contributed by atoms with van der Waals surface area (Å²) in [6.07, 6.45) is 2.46. The van der Waals surface area contributed by atoms with Crippen LogP contribution >= 0.6 is 11.6 Å². The number of rotatable bonds is 6. The van der Waals surface area contributed by atoms with E-state index in [4.69, 9.17) is 11.6 Å². The Hall–Kier alpha value is -0.840. The zero-order valence-electron chi connectivity index (χ0n) is 13.4. The second kappa shape index (κ2) is 7.97. The van der Waals surface area contributed by atoms with Crippen molar-refractivity contribution in [2.75, 3.05) is 38.5 Å². The molecule has 0 amide bonds. The summed E-state index contributed by atoms with van der Waals surface area (Å²) in [4.78, 5) is 9.55. The summed E-state index contributed by atoms with van der Waals surface area (Å²) in [5.74, 6) is 0.908. The predicted molar refractivity (Wildman–Crippen MR) is 90.0 cm³/mol. The summed E-state index contributed by atoms with van der Waals surface area (Å²) in [5, 5.41) is 4.01. The van der Waals surface area contributed by atoms with Gasteiger partial charge in [-0.15, -0.1) is 0 Å². The molecule has 1 N–H and O–H groups in total. The maximum Gasteiger partial charge on any atom is 0.126 e. The van der Waals surface area contributed by atoms with Crippen LogP contribution in [0, 0.1) is 0 Å². The molecule has 4 nitrogen and oxygen atoms in total. The van der Waals surface area contributed by atoms with Gasteiger partial charge in [-0.2, -0.15) is 0 Å². The van der Waals surface area contributed by atoms with Crippen LogP contribution < -0.4 is 5.32 Å². The zero-order chi connectivity index (χ0) is 15.2. The Morgan fingerprint density at radius 2 is 2.05 bits per heavy atom. The van der Waals surface area contributed by atoms with E-state index in [0.29, 0.717) is 6.04 Å². The molecule has 0 aromatic carbocycles. The molecule has 0 aliphatic carbocycles. The molecule has 0 saturated carbocycles. The molecule has 0 unspecified atom stereocenters. The number of hydrogen-bond acceptors (Lipinski definition) is 4. The van der Waals surface area contributed by atoms with E-state index in [9.17, 15) is 0 Å². The largest absolute Gasteiger partial charge is 0.370 e. The van der Waals surface area contributed by atoms with E-state index in [1.807, 2.05) is 12.1 Å². The van der Waals surface area contributed by atoms with Crippen LogP contribution in [0.2, 0.25) is 5.02 Å². The van der Waals surface area contributed by atoms with Crippen molar-refractivity contribution in [2.45, 2.75) is 39.3 Å². The first-order valence-corrected chi connectivity index (χ1v) is 8.33. The Balaban J connectivity index is 1.96. The number of likely N-dealkylation sites (tertiary alicyclic amines) is 1. The van der Waals surface area contributed by atoms with Crippen LogP contribution in [0.15, 0.2) is 12.1 Å². The van der Waals surface area contributed by atoms with Crippen molar-refractivity contribution < 1.29 is 0 Å². The van der Waals surface area contributed by atoms with Gasteiger partial charge in [-0.3, -0.25) is 4.90 Å². The molecule has 0 spiro atoms. The maximum atomic E-state index is 6.30. The highest BCUT2D eigenvalue weighted by Crippen LogP contribution is 2.21. The first kappa shape index (κ1) is 16.5. The number of aromatic nitrogens is 1. The van der Waals surface area contributed by atoms with Gasteiger partial charge in [-0.05, 0) is 58.6 Å². The van der Waals surface area contributed by atoms with Gasteiger partial charge in [0.25, 0.3) is 0 Å². The molecule has 118 valence electrons. The van der Waals surface area contributed by atoms with Gasteiger partial charge in [0, 0.05) is 19.1 Å². The second-order valence-electron chi connectivity index (χ2n) is 5.74. The quantitative estimate of drug-likeness (QED) is 0.875. The maximum absolute atomic E-state index is 6.30. The number of nitrogens with one attached hydrogen (secondary N) is 1. The van der Waals surface area contributed by atoms with E-state index in [2.05, 4.69) is 41.0 Å². The Kier molecular flexibility index (Phi) is 6.27. The monoisotopic (exact) mass is 310 g/mol. The van der Waals surface area contributed by atoms with Crippen LogP contribution in [-0.4, -0.2) is 54.1 Å². The third kappa shape index (κ3) is 4.56. The fourth-order valence-corrected chi connectivity index (χ4v) is 3.08. The number of anilines is 1. The van der Waals surface area contributed by atoms with Gasteiger partial charge in [-0.1, -0.05) is 18.5 Å². The van der Waals surface area contributed by atoms with Crippen LogP contribution in [0.25, 0.3) is 0 Å². The van der Waals surface area contributed by atoms with Gasteiger partial charge in [-0.25, -0.2) is 4.98 Å². The smallest absolute Gasteiger partial charge is 0.126 e. The van der Waals surface area contributed by atoms with E-state index >= 15 is 0 Å². The Bertz CT molecular complexity index is 444. The summed E-state index contributed by atoms with van der Waals surface area (Å²) < 4.78 is 0. The number of piperidine rings is 1. The van der Waals surface area contributed by atoms with Gasteiger partial charge in [0.1, 0.15) is 5.82 Å². The molecule has 21 heavy (non-hydrogen) atoms. The van der Waals surface area contributed by atoms with E-state index in [1.54, 1.807) is 0 Å². The summed E-state index contributed by atoms with van der Waals surface area (Å²) >= 11 is 6.30. The average molecular weight is 311 g/mol. The van der Waals surface area contributed by atoms with Gasteiger partial charge < -0.3 is 10.2 Å². The molecule has 1 aliphatic rings. The third-order valence-corrected chi connectivity index (χ3v) is 4.65. The lowest BCUT2D eigenvalue weighted by Gasteiger charge is -2.36. The average Bonchev–Trinajstić information content (AvgIpc) is 2.51. The van der Waals surface area contributed by atoms with Gasteiger partial charge >= 0.3 is 0 Å². The van der Waals surface area contributed by atoms with Gasteiger partial charge in [0.05, 0.1) is 10.7 Å². The molecule has 1 aromatic rings. The van der Waals surface area contributed by atoms with Crippen molar-refractivity contribution in [3.05, 3.63) is 22.8 Å². The Labute approximate surface area is 133 Å². The van der Waals surface area contributed by atoms with Crippen molar-refractivity contribution in [3.8, 4) is 0 Å². The summed E-state index contributed by atoms with van der Waals surface area (Å²) in [6, 6.07) is 4.51. The van der Waals surface area contributed by atoms with E-state index in [-0.39, 0.29) is 0 Å². The first-order chi connectivity index (χ1) is 10.1. The third-order valence-electron chi connectivity index (χ3n) is 4.30. The highest BCUT2D eigenvalue weighted by Gasteiger charge is 2.22. The number of hydrogen-bond donors (Lipinski definition) is 1. The fraction of sp³-hybridized carbons (Fsp3) is 0.688. The SMILES string of the molecule is CCNc1ccc(Cl)c(CN(C)C2CCN(CC)CC2)n1. The van der Waals surface area contributed by atoms with Crippen LogP contribution in [0.4, 0.5) is 5.82 Å². The van der Waals surface area contributed by atoms with Crippen molar-refractivity contribution in [1.82, 2.24) is 14.8 Å². The zero-order valence-corrected chi connectivity index (χ0v) is 14.2. The molecular weight excluding hydrogens is 284 g/mol. The van der Waals surface area contributed by atoms with E-state index < -0.39 is 0 Å². The Morgan fingerprint density at radius 1 is 1.33 bits per heavy atom. The summed E-state index contributed by atoms with van der Waals surface area (Å²) in [5.41, 5.74) is 0.968. The molecule has 0 atom stereocenters. The molecule has 2 rings (SSSR count). The van der Waals surface area contributed by atoms with E-state index in [1.165, 1.54) is 25.9 Å². The van der Waals surface area contributed by atoms with Crippen molar-refractivity contribution in [1.29, 1.82) is 0 Å². The van der Waals surface area contributed by atoms with Crippen LogP contribution in [-0.2, 0) is 6.54 Å². The molecule has 2 heterocycles. The lowest BCUT2D eigenvalue weighted by molar-refractivity contribution is 0.126. The van der Waals surface area contributed by atoms with Gasteiger partial charge in [0.2, 0.25) is 0 Å². The highest BCUT2D eigenvalue weighted by molar-refractivity contribution is 6.31. The van der Waals surface area contributed by atoms with Crippen LogP contribution in [0.1, 0.15) is 32.4 Å². The summed E-state index contributed by atoms with van der Waals surface area (Å²) in [7, 11) is 2.18.